The molecular formula is C20H17N5O2. The minimum atomic E-state index is -0.308. The average molecular weight is 359 g/mol. The van der Waals surface area contributed by atoms with E-state index in [1.54, 1.807) is 42.7 Å². The van der Waals surface area contributed by atoms with Crippen LogP contribution in [0.2, 0.25) is 0 Å². The summed E-state index contributed by atoms with van der Waals surface area (Å²) in [5, 5.41) is 11.5. The second kappa shape index (κ2) is 8.65. The molecule has 7 nitrogen and oxygen atoms in total. The Balaban J connectivity index is 1.58. The van der Waals surface area contributed by atoms with Gasteiger partial charge in [-0.25, -0.2) is 9.97 Å². The summed E-state index contributed by atoms with van der Waals surface area (Å²) in [5.74, 6) is 0.560. The molecule has 0 unspecified atom stereocenters. The molecule has 0 radical (unpaired) electrons. The predicted octanol–water partition coefficient (Wildman–Crippen LogP) is 2.87. The number of rotatable bonds is 6. The van der Waals surface area contributed by atoms with Crippen molar-refractivity contribution in [1.82, 2.24) is 15.0 Å². The van der Waals surface area contributed by atoms with E-state index in [-0.39, 0.29) is 19.1 Å². The monoisotopic (exact) mass is 359 g/mol. The van der Waals surface area contributed by atoms with Crippen molar-refractivity contribution in [3.63, 3.8) is 0 Å². The SMILES string of the molecule is Cc1cnc(-c2ccccn2)nc1NC(=O)COCc1ccc(C#N)cc1. The first-order chi connectivity index (χ1) is 13.2. The smallest absolute Gasteiger partial charge is 0.251 e. The van der Waals surface area contributed by atoms with E-state index in [1.807, 2.05) is 19.1 Å². The Labute approximate surface area is 156 Å². The lowest BCUT2D eigenvalue weighted by Gasteiger charge is -2.09. The number of nitriles is 1. The zero-order valence-electron chi connectivity index (χ0n) is 14.7. The van der Waals surface area contributed by atoms with E-state index >= 15 is 0 Å². The summed E-state index contributed by atoms with van der Waals surface area (Å²) in [6.07, 6.45) is 3.30. The molecule has 27 heavy (non-hydrogen) atoms. The lowest BCUT2D eigenvalue weighted by atomic mass is 10.2. The summed E-state index contributed by atoms with van der Waals surface area (Å²) in [6.45, 7) is 1.98. The van der Waals surface area contributed by atoms with Crippen LogP contribution < -0.4 is 5.32 Å². The van der Waals surface area contributed by atoms with Crippen molar-refractivity contribution in [1.29, 1.82) is 5.26 Å². The number of amides is 1. The van der Waals surface area contributed by atoms with Crippen LogP contribution in [0.4, 0.5) is 5.82 Å². The van der Waals surface area contributed by atoms with Crippen LogP contribution in [0.25, 0.3) is 11.5 Å². The second-order valence-electron chi connectivity index (χ2n) is 5.79. The Morgan fingerprint density at radius 2 is 2.00 bits per heavy atom. The van der Waals surface area contributed by atoms with Gasteiger partial charge in [0.2, 0.25) is 0 Å². The first-order valence-electron chi connectivity index (χ1n) is 8.27. The fraction of sp³-hybridized carbons (Fsp3) is 0.150. The van der Waals surface area contributed by atoms with Gasteiger partial charge in [-0.15, -0.1) is 0 Å². The van der Waals surface area contributed by atoms with Crippen molar-refractivity contribution >= 4 is 11.7 Å². The second-order valence-corrected chi connectivity index (χ2v) is 5.79. The number of hydrogen-bond donors (Lipinski definition) is 1. The van der Waals surface area contributed by atoms with Crippen LogP contribution in [0, 0.1) is 18.3 Å². The number of carbonyl (C=O) groups excluding carboxylic acids is 1. The summed E-state index contributed by atoms with van der Waals surface area (Å²) < 4.78 is 5.43. The van der Waals surface area contributed by atoms with Gasteiger partial charge in [-0.3, -0.25) is 9.78 Å². The van der Waals surface area contributed by atoms with Crippen molar-refractivity contribution in [2.24, 2.45) is 0 Å². The lowest BCUT2D eigenvalue weighted by Crippen LogP contribution is -2.20. The van der Waals surface area contributed by atoms with Crippen molar-refractivity contribution in [2.45, 2.75) is 13.5 Å². The Morgan fingerprint density at radius 3 is 2.70 bits per heavy atom. The van der Waals surface area contributed by atoms with Crippen LogP contribution >= 0.6 is 0 Å². The Hall–Kier alpha value is -3.63. The quantitative estimate of drug-likeness (QED) is 0.726. The van der Waals surface area contributed by atoms with Gasteiger partial charge in [-0.1, -0.05) is 18.2 Å². The highest BCUT2D eigenvalue weighted by Gasteiger charge is 2.10. The Kier molecular flexibility index (Phi) is 5.82. The first kappa shape index (κ1) is 18.2. The molecule has 1 amide bonds. The minimum absolute atomic E-state index is 0.109. The molecule has 3 aromatic rings. The van der Waals surface area contributed by atoms with Crippen LogP contribution in [-0.2, 0) is 16.1 Å². The molecular weight excluding hydrogens is 342 g/mol. The number of aromatic nitrogens is 3. The largest absolute Gasteiger partial charge is 0.367 e. The van der Waals surface area contributed by atoms with Gasteiger partial charge in [0.1, 0.15) is 18.1 Å². The van der Waals surface area contributed by atoms with E-state index in [1.165, 1.54) is 0 Å². The molecule has 0 saturated carbocycles. The average Bonchev–Trinajstić information content (AvgIpc) is 2.71. The first-order valence-corrected chi connectivity index (χ1v) is 8.27. The van der Waals surface area contributed by atoms with Crippen LogP contribution in [0.1, 0.15) is 16.7 Å². The molecule has 1 aromatic carbocycles. The van der Waals surface area contributed by atoms with Crippen molar-refractivity contribution in [2.75, 3.05) is 11.9 Å². The lowest BCUT2D eigenvalue weighted by molar-refractivity contribution is -0.121. The van der Waals surface area contributed by atoms with Crippen LogP contribution in [0.5, 0.6) is 0 Å². The Bertz CT molecular complexity index is 966. The molecule has 2 heterocycles. The molecule has 0 fully saturated rings. The van der Waals surface area contributed by atoms with Gasteiger partial charge in [0, 0.05) is 18.0 Å². The fourth-order valence-electron chi connectivity index (χ4n) is 2.29. The fourth-order valence-corrected chi connectivity index (χ4v) is 2.29. The molecule has 0 aliphatic carbocycles. The van der Waals surface area contributed by atoms with Gasteiger partial charge >= 0.3 is 0 Å². The molecule has 0 spiro atoms. The minimum Gasteiger partial charge on any atom is -0.367 e. The highest BCUT2D eigenvalue weighted by molar-refractivity contribution is 5.91. The maximum atomic E-state index is 12.1. The number of anilines is 1. The maximum Gasteiger partial charge on any atom is 0.251 e. The van der Waals surface area contributed by atoms with Gasteiger partial charge in [-0.05, 0) is 36.8 Å². The van der Waals surface area contributed by atoms with E-state index in [0.717, 1.165) is 11.1 Å². The summed E-state index contributed by atoms with van der Waals surface area (Å²) in [4.78, 5) is 25.0. The van der Waals surface area contributed by atoms with Gasteiger partial charge < -0.3 is 10.1 Å². The van der Waals surface area contributed by atoms with Crippen LogP contribution in [0.3, 0.4) is 0 Å². The summed E-state index contributed by atoms with van der Waals surface area (Å²) >= 11 is 0. The third kappa shape index (κ3) is 4.93. The standard InChI is InChI=1S/C20H17N5O2/c1-14-11-23-20(17-4-2-3-9-22-17)25-19(14)24-18(26)13-27-12-16-7-5-15(10-21)6-8-16/h2-9,11H,12-13H2,1H3,(H,23,24,25,26). The third-order valence-corrected chi connectivity index (χ3v) is 3.71. The maximum absolute atomic E-state index is 12.1. The van der Waals surface area contributed by atoms with Crippen molar-refractivity contribution < 1.29 is 9.53 Å². The summed E-state index contributed by atoms with van der Waals surface area (Å²) in [7, 11) is 0. The van der Waals surface area contributed by atoms with E-state index < -0.39 is 0 Å². The third-order valence-electron chi connectivity index (χ3n) is 3.71. The zero-order chi connectivity index (χ0) is 19.1. The van der Waals surface area contributed by atoms with Crippen LogP contribution in [-0.4, -0.2) is 27.5 Å². The van der Waals surface area contributed by atoms with Crippen molar-refractivity contribution in [3.8, 4) is 17.6 Å². The molecule has 0 aliphatic heterocycles. The molecule has 0 saturated heterocycles. The number of ether oxygens (including phenoxy) is 1. The summed E-state index contributed by atoms with van der Waals surface area (Å²) in [5.41, 5.74) is 2.84. The number of pyridine rings is 1. The number of nitrogens with one attached hydrogen (secondary N) is 1. The van der Waals surface area contributed by atoms with E-state index in [4.69, 9.17) is 10.00 Å². The van der Waals surface area contributed by atoms with Crippen molar-refractivity contribution in [3.05, 3.63) is 71.5 Å². The highest BCUT2D eigenvalue weighted by atomic mass is 16.5. The molecule has 7 heteroatoms. The highest BCUT2D eigenvalue weighted by Crippen LogP contribution is 2.16. The number of hydrogen-bond acceptors (Lipinski definition) is 6. The molecule has 2 aromatic heterocycles. The molecule has 1 N–H and O–H groups in total. The van der Waals surface area contributed by atoms with E-state index in [2.05, 4.69) is 26.3 Å². The van der Waals surface area contributed by atoms with E-state index in [9.17, 15) is 4.79 Å². The number of benzene rings is 1. The van der Waals surface area contributed by atoms with Gasteiger partial charge in [0.25, 0.3) is 5.91 Å². The topological polar surface area (TPSA) is 101 Å². The molecule has 3 rings (SSSR count). The zero-order valence-corrected chi connectivity index (χ0v) is 14.7. The molecule has 0 bridgehead atoms. The summed E-state index contributed by atoms with van der Waals surface area (Å²) in [6, 6.07) is 14.5. The normalized spacial score (nSPS) is 10.2. The number of nitrogens with zero attached hydrogens (tertiary/aromatic N) is 4. The van der Waals surface area contributed by atoms with Gasteiger partial charge in [0.05, 0.1) is 18.2 Å². The van der Waals surface area contributed by atoms with Gasteiger partial charge in [-0.2, -0.15) is 5.26 Å². The number of aryl methyl sites for hydroxylation is 1. The number of carbonyl (C=O) groups is 1. The molecule has 0 atom stereocenters. The van der Waals surface area contributed by atoms with Crippen LogP contribution in [0.15, 0.2) is 54.9 Å². The van der Waals surface area contributed by atoms with E-state index in [0.29, 0.717) is 22.9 Å². The van der Waals surface area contributed by atoms with Gasteiger partial charge in [0.15, 0.2) is 5.82 Å². The Morgan fingerprint density at radius 1 is 1.19 bits per heavy atom. The molecule has 134 valence electrons. The molecule has 0 aliphatic rings. The predicted molar refractivity (Wildman–Crippen MR) is 99.4 cm³/mol.